The SMILES string of the molecule is FC(F)(F)C1=CC2=NC=NC3=NC=NC(=C1)C(=C3)C2. The smallest absolute Gasteiger partial charge is 0.241 e. The van der Waals surface area contributed by atoms with E-state index in [-0.39, 0.29) is 12.1 Å². The van der Waals surface area contributed by atoms with Crippen molar-refractivity contribution in [1.82, 2.24) is 0 Å². The third kappa shape index (κ3) is 2.31. The first-order valence-corrected chi connectivity index (χ1v) is 5.43. The summed E-state index contributed by atoms with van der Waals surface area (Å²) in [5.74, 6) is 0.375. The fourth-order valence-electron chi connectivity index (χ4n) is 1.87. The van der Waals surface area contributed by atoms with Gasteiger partial charge in [0.1, 0.15) is 12.7 Å². The van der Waals surface area contributed by atoms with Gasteiger partial charge in [0, 0.05) is 12.1 Å². The van der Waals surface area contributed by atoms with Crippen molar-refractivity contribution in [2.75, 3.05) is 0 Å². The zero-order chi connectivity index (χ0) is 13.5. The molecule has 1 aliphatic carbocycles. The van der Waals surface area contributed by atoms with Gasteiger partial charge in [-0.1, -0.05) is 0 Å². The first kappa shape index (κ1) is 11.8. The highest BCUT2D eigenvalue weighted by atomic mass is 19.4. The van der Waals surface area contributed by atoms with E-state index in [1.54, 1.807) is 6.08 Å². The molecule has 2 heterocycles. The average Bonchev–Trinajstić information content (AvgIpc) is 2.56. The van der Waals surface area contributed by atoms with Crippen molar-refractivity contribution < 1.29 is 13.2 Å². The molecule has 4 nitrogen and oxygen atoms in total. The Labute approximate surface area is 106 Å². The van der Waals surface area contributed by atoms with Gasteiger partial charge >= 0.3 is 6.18 Å². The molecule has 0 unspecified atom stereocenters. The van der Waals surface area contributed by atoms with Crippen molar-refractivity contribution in [3.05, 3.63) is 35.1 Å². The lowest BCUT2D eigenvalue weighted by Crippen LogP contribution is -2.11. The Morgan fingerprint density at radius 2 is 1.74 bits per heavy atom. The number of hydrogen-bond acceptors (Lipinski definition) is 4. The number of rotatable bonds is 0. The quantitative estimate of drug-likeness (QED) is 0.645. The molecule has 0 radical (unpaired) electrons. The summed E-state index contributed by atoms with van der Waals surface area (Å²) < 4.78 is 38.7. The molecule has 96 valence electrons. The number of amidine groups is 1. The standard InChI is InChI=1S/C12H7F3N4/c13-12(14,15)8-3-9-1-7-2-11(18-5-16-9)19-6-17-10(7)4-8/h2-6H,1H2. The van der Waals surface area contributed by atoms with Gasteiger partial charge in [0.15, 0.2) is 5.84 Å². The number of alkyl halides is 3. The Kier molecular flexibility index (Phi) is 2.55. The molecule has 7 heteroatoms. The van der Waals surface area contributed by atoms with Crippen LogP contribution in [0.3, 0.4) is 0 Å². The zero-order valence-electron chi connectivity index (χ0n) is 9.52. The second kappa shape index (κ2) is 4.11. The van der Waals surface area contributed by atoms with Crippen LogP contribution >= 0.6 is 0 Å². The lowest BCUT2D eigenvalue weighted by atomic mass is 10.1. The van der Waals surface area contributed by atoms with Crippen LogP contribution in [0.2, 0.25) is 0 Å². The molecular weight excluding hydrogens is 257 g/mol. The van der Waals surface area contributed by atoms with Crippen LogP contribution < -0.4 is 0 Å². The van der Waals surface area contributed by atoms with E-state index >= 15 is 0 Å². The van der Waals surface area contributed by atoms with Crippen molar-refractivity contribution in [3.63, 3.8) is 0 Å². The highest BCUT2D eigenvalue weighted by Crippen LogP contribution is 2.33. The maximum atomic E-state index is 12.9. The summed E-state index contributed by atoms with van der Waals surface area (Å²) in [7, 11) is 0. The van der Waals surface area contributed by atoms with Gasteiger partial charge < -0.3 is 0 Å². The van der Waals surface area contributed by atoms with Gasteiger partial charge in [-0.2, -0.15) is 13.2 Å². The molecule has 0 saturated carbocycles. The van der Waals surface area contributed by atoms with Gasteiger partial charge in [0.05, 0.1) is 11.3 Å². The Hall–Kier alpha value is -2.31. The Balaban J connectivity index is 2.23. The van der Waals surface area contributed by atoms with Crippen LogP contribution in [0.15, 0.2) is 55.0 Å². The van der Waals surface area contributed by atoms with Crippen LogP contribution in [0.4, 0.5) is 13.2 Å². The molecule has 0 saturated heterocycles. The van der Waals surface area contributed by atoms with Gasteiger partial charge in [-0.3, -0.25) is 0 Å². The Morgan fingerprint density at radius 3 is 2.53 bits per heavy atom. The van der Waals surface area contributed by atoms with E-state index in [9.17, 15) is 13.2 Å². The predicted molar refractivity (Wildman–Crippen MR) is 66.8 cm³/mol. The van der Waals surface area contributed by atoms with Crippen molar-refractivity contribution in [3.8, 4) is 0 Å². The molecule has 0 atom stereocenters. The average molecular weight is 264 g/mol. The van der Waals surface area contributed by atoms with Crippen LogP contribution in [-0.2, 0) is 0 Å². The molecule has 0 amide bonds. The molecule has 0 aromatic rings. The Morgan fingerprint density at radius 1 is 0.947 bits per heavy atom. The van der Waals surface area contributed by atoms with Crippen LogP contribution in [0.5, 0.6) is 0 Å². The fraction of sp³-hybridized carbons (Fsp3) is 0.167. The molecule has 0 aromatic carbocycles. The summed E-state index contributed by atoms with van der Waals surface area (Å²) in [6.45, 7) is 0. The lowest BCUT2D eigenvalue weighted by molar-refractivity contribution is -0.0881. The summed E-state index contributed by atoms with van der Waals surface area (Å²) in [4.78, 5) is 15.7. The van der Waals surface area contributed by atoms with E-state index in [2.05, 4.69) is 20.0 Å². The molecule has 0 aromatic heterocycles. The summed E-state index contributed by atoms with van der Waals surface area (Å²) >= 11 is 0. The van der Waals surface area contributed by atoms with E-state index in [1.807, 2.05) is 0 Å². The molecule has 0 fully saturated rings. The van der Waals surface area contributed by atoms with E-state index in [0.29, 0.717) is 17.1 Å². The van der Waals surface area contributed by atoms with Gasteiger partial charge in [0.2, 0.25) is 0 Å². The molecule has 3 bridgehead atoms. The van der Waals surface area contributed by atoms with Gasteiger partial charge in [-0.25, -0.2) is 20.0 Å². The summed E-state index contributed by atoms with van der Waals surface area (Å²) in [5.41, 5.74) is 0.383. The molecule has 0 N–H and O–H groups in total. The van der Waals surface area contributed by atoms with Crippen LogP contribution in [-0.4, -0.2) is 30.4 Å². The fourth-order valence-corrected chi connectivity index (χ4v) is 1.87. The second-order valence-corrected chi connectivity index (χ2v) is 4.07. The lowest BCUT2D eigenvalue weighted by Gasteiger charge is -2.06. The minimum Gasteiger partial charge on any atom is -0.241 e. The van der Waals surface area contributed by atoms with E-state index < -0.39 is 11.7 Å². The summed E-state index contributed by atoms with van der Waals surface area (Å²) in [5, 5.41) is 0. The molecular formula is C12H7F3N4. The third-order valence-electron chi connectivity index (χ3n) is 2.75. The molecule has 0 spiro atoms. The van der Waals surface area contributed by atoms with Crippen molar-refractivity contribution in [2.24, 2.45) is 20.0 Å². The monoisotopic (exact) mass is 264 g/mol. The number of hydrogen-bond donors (Lipinski definition) is 0. The van der Waals surface area contributed by atoms with E-state index in [4.69, 9.17) is 0 Å². The number of fused-ring (bicyclic) bond motifs is 2. The molecule has 3 rings (SSSR count). The van der Waals surface area contributed by atoms with Crippen LogP contribution in [0, 0.1) is 0 Å². The third-order valence-corrected chi connectivity index (χ3v) is 2.75. The van der Waals surface area contributed by atoms with Crippen molar-refractivity contribution >= 4 is 24.2 Å². The van der Waals surface area contributed by atoms with Gasteiger partial charge in [-0.05, 0) is 23.8 Å². The highest BCUT2D eigenvalue weighted by Gasteiger charge is 2.34. The molecule has 19 heavy (non-hydrogen) atoms. The van der Waals surface area contributed by atoms with E-state index in [0.717, 1.165) is 12.2 Å². The number of nitrogens with zero attached hydrogens (tertiary/aromatic N) is 4. The van der Waals surface area contributed by atoms with Crippen LogP contribution in [0.1, 0.15) is 6.42 Å². The zero-order valence-corrected chi connectivity index (χ0v) is 9.52. The van der Waals surface area contributed by atoms with Crippen molar-refractivity contribution in [2.45, 2.75) is 12.6 Å². The minimum atomic E-state index is -4.44. The van der Waals surface area contributed by atoms with Crippen LogP contribution in [0.25, 0.3) is 0 Å². The molecule has 2 aliphatic heterocycles. The second-order valence-electron chi connectivity index (χ2n) is 4.07. The highest BCUT2D eigenvalue weighted by molar-refractivity contribution is 6.10. The first-order valence-electron chi connectivity index (χ1n) is 5.43. The minimum absolute atomic E-state index is 0.240. The summed E-state index contributed by atoms with van der Waals surface area (Å²) in [6.07, 6.45) is 1.88. The maximum Gasteiger partial charge on any atom is 0.416 e. The topological polar surface area (TPSA) is 49.4 Å². The largest absolute Gasteiger partial charge is 0.416 e. The maximum absolute atomic E-state index is 12.9. The van der Waals surface area contributed by atoms with Gasteiger partial charge in [0.25, 0.3) is 0 Å². The Bertz CT molecular complexity index is 642. The van der Waals surface area contributed by atoms with Gasteiger partial charge in [-0.15, -0.1) is 0 Å². The first-order chi connectivity index (χ1) is 9.02. The summed E-state index contributed by atoms with van der Waals surface area (Å²) in [6, 6.07) is 0. The van der Waals surface area contributed by atoms with Crippen molar-refractivity contribution in [1.29, 1.82) is 0 Å². The molecule has 3 aliphatic rings. The number of halogens is 3. The number of aliphatic imine (C=N–C) groups is 4. The van der Waals surface area contributed by atoms with E-state index in [1.165, 1.54) is 12.7 Å². The normalized spacial score (nSPS) is 21.3. The number of allylic oxidation sites excluding steroid dienone is 4. The predicted octanol–water partition coefficient (Wildman–Crippen LogP) is 2.61.